The van der Waals surface area contributed by atoms with E-state index >= 15 is 0 Å². The zero-order valence-electron chi connectivity index (χ0n) is 16.0. The molecule has 148 valence electrons. The van der Waals surface area contributed by atoms with Gasteiger partial charge in [-0.25, -0.2) is 9.37 Å². The van der Waals surface area contributed by atoms with Crippen LogP contribution < -0.4 is 15.5 Å². The van der Waals surface area contributed by atoms with Gasteiger partial charge < -0.3 is 15.5 Å². The number of pyridine rings is 1. The van der Waals surface area contributed by atoms with E-state index in [1.807, 2.05) is 6.07 Å². The number of benzene rings is 1. The summed E-state index contributed by atoms with van der Waals surface area (Å²) in [6.45, 7) is 3.77. The molecule has 2 amide bonds. The Labute approximate surface area is 164 Å². The molecule has 1 aromatic carbocycles. The number of aromatic nitrogens is 1. The summed E-state index contributed by atoms with van der Waals surface area (Å²) in [6.07, 6.45) is 2.00. The summed E-state index contributed by atoms with van der Waals surface area (Å²) >= 11 is 0. The van der Waals surface area contributed by atoms with Gasteiger partial charge >= 0.3 is 0 Å². The highest BCUT2D eigenvalue weighted by molar-refractivity contribution is 5.96. The highest BCUT2D eigenvalue weighted by Crippen LogP contribution is 2.22. The number of rotatable bonds is 6. The molecular formula is C21H25FN4O2. The number of hydrogen-bond acceptors (Lipinski definition) is 4. The summed E-state index contributed by atoms with van der Waals surface area (Å²) in [4.78, 5) is 30.5. The fraction of sp³-hybridized carbons (Fsp3) is 0.381. The Morgan fingerprint density at radius 2 is 1.96 bits per heavy atom. The molecule has 6 nitrogen and oxygen atoms in total. The Bertz CT molecular complexity index is 828. The van der Waals surface area contributed by atoms with Crippen molar-refractivity contribution in [3.05, 3.63) is 59.5 Å². The van der Waals surface area contributed by atoms with E-state index in [0.29, 0.717) is 17.8 Å². The predicted molar refractivity (Wildman–Crippen MR) is 106 cm³/mol. The number of hydrogen-bond donors (Lipinski definition) is 2. The van der Waals surface area contributed by atoms with Gasteiger partial charge in [0.25, 0.3) is 5.91 Å². The smallest absolute Gasteiger partial charge is 0.251 e. The molecule has 0 saturated carbocycles. The molecule has 7 heteroatoms. The molecule has 1 aliphatic rings. The van der Waals surface area contributed by atoms with Crippen molar-refractivity contribution in [2.75, 3.05) is 31.1 Å². The van der Waals surface area contributed by atoms with Gasteiger partial charge in [-0.3, -0.25) is 9.59 Å². The van der Waals surface area contributed by atoms with Crippen LogP contribution in [0.15, 0.2) is 42.5 Å². The second kappa shape index (κ2) is 9.30. The van der Waals surface area contributed by atoms with Crippen LogP contribution in [-0.4, -0.2) is 43.0 Å². The summed E-state index contributed by atoms with van der Waals surface area (Å²) in [5.74, 6) is 0.274. The van der Waals surface area contributed by atoms with Crippen LogP contribution >= 0.6 is 0 Å². The lowest BCUT2D eigenvalue weighted by molar-refractivity contribution is -0.120. The monoisotopic (exact) mass is 384 g/mol. The van der Waals surface area contributed by atoms with Gasteiger partial charge in [-0.05, 0) is 49.9 Å². The minimum absolute atomic E-state index is 0.0527. The minimum atomic E-state index is -0.304. The number of halogens is 1. The van der Waals surface area contributed by atoms with E-state index < -0.39 is 0 Å². The molecule has 0 spiro atoms. The van der Waals surface area contributed by atoms with E-state index in [2.05, 4.69) is 20.5 Å². The fourth-order valence-electron chi connectivity index (χ4n) is 3.32. The third kappa shape index (κ3) is 5.28. The molecule has 0 radical (unpaired) electrons. The molecule has 1 atom stereocenters. The maximum Gasteiger partial charge on any atom is 0.251 e. The molecule has 2 aromatic rings. The van der Waals surface area contributed by atoms with E-state index in [9.17, 15) is 14.0 Å². The molecule has 3 rings (SSSR count). The van der Waals surface area contributed by atoms with Gasteiger partial charge in [0.05, 0.1) is 12.2 Å². The summed E-state index contributed by atoms with van der Waals surface area (Å²) in [5, 5.41) is 5.52. The van der Waals surface area contributed by atoms with Gasteiger partial charge in [0.15, 0.2) is 0 Å². The van der Waals surface area contributed by atoms with E-state index in [0.717, 1.165) is 31.7 Å². The summed E-state index contributed by atoms with van der Waals surface area (Å²) in [7, 11) is 0. The molecule has 2 N–H and O–H groups in total. The van der Waals surface area contributed by atoms with E-state index in [1.165, 1.54) is 6.07 Å². The molecular weight excluding hydrogens is 359 g/mol. The molecule has 28 heavy (non-hydrogen) atoms. The topological polar surface area (TPSA) is 74.3 Å². The number of carbonyl (C=O) groups excluding carboxylic acids is 2. The Hall–Kier alpha value is -2.96. The lowest BCUT2D eigenvalue weighted by Crippen LogP contribution is -2.43. The number of aryl methyl sites for hydroxylation is 1. The standard InChI is InChI=1S/C21H25FN4O2/c1-15-18(22)9-10-19(25-15)26-11-5-6-16(14-26)12-23-20(27)13-24-21(28)17-7-3-2-4-8-17/h2-4,7-10,16H,5-6,11-14H2,1H3,(H,23,27)(H,24,28). The maximum atomic E-state index is 13.4. The largest absolute Gasteiger partial charge is 0.356 e. The number of amides is 2. The van der Waals surface area contributed by atoms with E-state index in [-0.39, 0.29) is 30.1 Å². The SMILES string of the molecule is Cc1nc(N2CCCC(CNC(=O)CNC(=O)c3ccccc3)C2)ccc1F. The van der Waals surface area contributed by atoms with E-state index in [1.54, 1.807) is 37.3 Å². The van der Waals surface area contributed by atoms with E-state index in [4.69, 9.17) is 0 Å². The third-order valence-electron chi connectivity index (χ3n) is 4.88. The number of nitrogens with one attached hydrogen (secondary N) is 2. The number of piperidine rings is 1. The summed E-state index contributed by atoms with van der Waals surface area (Å²) in [5.41, 5.74) is 0.919. The molecule has 1 unspecified atom stereocenters. The lowest BCUT2D eigenvalue weighted by Gasteiger charge is -2.33. The van der Waals surface area contributed by atoms with Gasteiger partial charge in [-0.15, -0.1) is 0 Å². The van der Waals surface area contributed by atoms with Crippen LogP contribution in [-0.2, 0) is 4.79 Å². The van der Waals surface area contributed by atoms with Crippen molar-refractivity contribution in [1.29, 1.82) is 0 Å². The molecule has 1 aromatic heterocycles. The van der Waals surface area contributed by atoms with Gasteiger partial charge in [-0.1, -0.05) is 18.2 Å². The zero-order chi connectivity index (χ0) is 19.9. The van der Waals surface area contributed by atoms with Crippen LogP contribution in [0.2, 0.25) is 0 Å². The van der Waals surface area contributed by atoms with Crippen molar-refractivity contribution in [1.82, 2.24) is 15.6 Å². The Kier molecular flexibility index (Phi) is 6.57. The minimum Gasteiger partial charge on any atom is -0.356 e. The van der Waals surface area contributed by atoms with Gasteiger partial charge in [0.1, 0.15) is 11.6 Å². The number of carbonyl (C=O) groups is 2. The normalized spacial score (nSPS) is 16.5. The molecule has 0 bridgehead atoms. The highest BCUT2D eigenvalue weighted by Gasteiger charge is 2.22. The number of anilines is 1. The second-order valence-electron chi connectivity index (χ2n) is 7.04. The van der Waals surface area contributed by atoms with Crippen molar-refractivity contribution in [2.24, 2.45) is 5.92 Å². The predicted octanol–water partition coefficient (Wildman–Crippen LogP) is 2.29. The van der Waals surface area contributed by atoms with Crippen LogP contribution in [0.5, 0.6) is 0 Å². The van der Waals surface area contributed by atoms with Gasteiger partial charge in [0.2, 0.25) is 5.91 Å². The third-order valence-corrected chi connectivity index (χ3v) is 4.88. The first-order chi connectivity index (χ1) is 13.5. The van der Waals surface area contributed by atoms with Gasteiger partial charge in [0, 0.05) is 25.2 Å². The zero-order valence-corrected chi connectivity index (χ0v) is 16.0. The molecule has 1 aliphatic heterocycles. The number of nitrogens with zero attached hydrogens (tertiary/aromatic N) is 2. The van der Waals surface area contributed by atoms with Crippen LogP contribution in [0.1, 0.15) is 28.9 Å². The van der Waals surface area contributed by atoms with Crippen LogP contribution in [0.4, 0.5) is 10.2 Å². The second-order valence-corrected chi connectivity index (χ2v) is 7.04. The Morgan fingerprint density at radius 1 is 1.18 bits per heavy atom. The van der Waals surface area contributed by atoms with Crippen LogP contribution in [0.25, 0.3) is 0 Å². The lowest BCUT2D eigenvalue weighted by atomic mass is 9.98. The van der Waals surface area contributed by atoms with Crippen molar-refractivity contribution in [3.63, 3.8) is 0 Å². The highest BCUT2D eigenvalue weighted by atomic mass is 19.1. The molecule has 1 fully saturated rings. The molecule has 2 heterocycles. The molecule has 1 saturated heterocycles. The molecule has 0 aliphatic carbocycles. The Balaban J connectivity index is 1.44. The average Bonchev–Trinajstić information content (AvgIpc) is 2.73. The maximum absolute atomic E-state index is 13.4. The van der Waals surface area contributed by atoms with Gasteiger partial charge in [-0.2, -0.15) is 0 Å². The van der Waals surface area contributed by atoms with Crippen LogP contribution in [0.3, 0.4) is 0 Å². The van der Waals surface area contributed by atoms with Crippen molar-refractivity contribution in [3.8, 4) is 0 Å². The summed E-state index contributed by atoms with van der Waals surface area (Å²) < 4.78 is 13.4. The van der Waals surface area contributed by atoms with Crippen LogP contribution in [0, 0.1) is 18.7 Å². The first-order valence-corrected chi connectivity index (χ1v) is 9.51. The average molecular weight is 384 g/mol. The quantitative estimate of drug-likeness (QED) is 0.801. The van der Waals surface area contributed by atoms with Crippen molar-refractivity contribution < 1.29 is 14.0 Å². The van der Waals surface area contributed by atoms with Crippen molar-refractivity contribution in [2.45, 2.75) is 19.8 Å². The summed E-state index contributed by atoms with van der Waals surface area (Å²) in [6, 6.07) is 11.9. The first-order valence-electron chi connectivity index (χ1n) is 9.51. The fourth-order valence-corrected chi connectivity index (χ4v) is 3.32. The Morgan fingerprint density at radius 3 is 2.71 bits per heavy atom. The van der Waals surface area contributed by atoms with Crippen molar-refractivity contribution >= 4 is 17.6 Å². The first kappa shape index (κ1) is 19.8.